The molecule has 6 heteroatoms. The molecule has 0 amide bonds. The number of nitrogens with one attached hydrogen (secondary N) is 1. The highest BCUT2D eigenvalue weighted by molar-refractivity contribution is 7.17. The summed E-state index contributed by atoms with van der Waals surface area (Å²) in [5.41, 5.74) is 6.55. The molecule has 2 heterocycles. The zero-order valence-corrected chi connectivity index (χ0v) is 12.6. The first kappa shape index (κ1) is 14.5. The maximum atomic E-state index is 11.3. The Morgan fingerprint density at radius 2 is 2.20 bits per heavy atom. The van der Waals surface area contributed by atoms with E-state index in [1.54, 1.807) is 13.1 Å². The lowest BCUT2D eigenvalue weighted by Crippen LogP contribution is -2.12. The standard InChI is InChI=1S/C14H18N4OS/c1-8(2)6-17-14-13(15)16-7-10(18-14)12-5-4-11(20-12)9(3)19/h4-5,7-8H,6H2,1-3H3,(H2,15,16)(H,17,18). The topological polar surface area (TPSA) is 80.9 Å². The zero-order valence-electron chi connectivity index (χ0n) is 11.8. The maximum absolute atomic E-state index is 11.3. The van der Waals surface area contributed by atoms with Crippen LogP contribution in [0.15, 0.2) is 18.3 Å². The highest BCUT2D eigenvalue weighted by Gasteiger charge is 2.10. The van der Waals surface area contributed by atoms with Gasteiger partial charge in [0, 0.05) is 6.54 Å². The van der Waals surface area contributed by atoms with Gasteiger partial charge in [-0.05, 0) is 25.0 Å². The summed E-state index contributed by atoms with van der Waals surface area (Å²) >= 11 is 1.41. The summed E-state index contributed by atoms with van der Waals surface area (Å²) in [4.78, 5) is 21.6. The minimum absolute atomic E-state index is 0.0582. The van der Waals surface area contributed by atoms with E-state index in [1.165, 1.54) is 11.3 Å². The lowest BCUT2D eigenvalue weighted by molar-refractivity contribution is 0.102. The van der Waals surface area contributed by atoms with Gasteiger partial charge in [-0.2, -0.15) is 0 Å². The Kier molecular flexibility index (Phi) is 4.34. The third-order valence-corrected chi connectivity index (χ3v) is 3.89. The van der Waals surface area contributed by atoms with Crippen LogP contribution in [0.3, 0.4) is 0 Å². The van der Waals surface area contributed by atoms with Crippen molar-refractivity contribution in [3.8, 4) is 10.6 Å². The smallest absolute Gasteiger partial charge is 0.169 e. The fourth-order valence-electron chi connectivity index (χ4n) is 1.61. The van der Waals surface area contributed by atoms with Gasteiger partial charge in [0.15, 0.2) is 17.4 Å². The molecule has 0 spiro atoms. The van der Waals surface area contributed by atoms with Gasteiger partial charge in [0.05, 0.1) is 16.0 Å². The van der Waals surface area contributed by atoms with Gasteiger partial charge in [-0.25, -0.2) is 9.97 Å². The van der Waals surface area contributed by atoms with Gasteiger partial charge in [-0.1, -0.05) is 13.8 Å². The molecule has 0 unspecified atom stereocenters. The number of thiophene rings is 1. The number of carbonyl (C=O) groups is 1. The molecular weight excluding hydrogens is 272 g/mol. The van der Waals surface area contributed by atoms with Crippen molar-refractivity contribution in [2.75, 3.05) is 17.6 Å². The molecule has 3 N–H and O–H groups in total. The van der Waals surface area contributed by atoms with Gasteiger partial charge in [-0.3, -0.25) is 4.79 Å². The van der Waals surface area contributed by atoms with Crippen molar-refractivity contribution in [3.05, 3.63) is 23.2 Å². The van der Waals surface area contributed by atoms with Gasteiger partial charge >= 0.3 is 0 Å². The minimum Gasteiger partial charge on any atom is -0.381 e. The number of aromatic nitrogens is 2. The number of nitrogen functional groups attached to an aromatic ring is 1. The number of carbonyl (C=O) groups excluding carboxylic acids is 1. The van der Waals surface area contributed by atoms with Gasteiger partial charge in [0.2, 0.25) is 0 Å². The molecule has 2 aromatic rings. The number of nitrogens with two attached hydrogens (primary N) is 1. The fourth-order valence-corrected chi connectivity index (χ4v) is 2.47. The predicted molar refractivity (Wildman–Crippen MR) is 83.1 cm³/mol. The highest BCUT2D eigenvalue weighted by atomic mass is 32.1. The lowest BCUT2D eigenvalue weighted by atomic mass is 10.2. The molecule has 0 aliphatic carbocycles. The second-order valence-electron chi connectivity index (χ2n) is 4.98. The van der Waals surface area contributed by atoms with Gasteiger partial charge in [-0.15, -0.1) is 11.3 Å². The van der Waals surface area contributed by atoms with Crippen LogP contribution >= 0.6 is 11.3 Å². The van der Waals surface area contributed by atoms with Crippen LogP contribution in [0.1, 0.15) is 30.4 Å². The molecule has 20 heavy (non-hydrogen) atoms. The lowest BCUT2D eigenvalue weighted by Gasteiger charge is -2.10. The Balaban J connectivity index is 2.27. The van der Waals surface area contributed by atoms with E-state index in [1.807, 2.05) is 12.1 Å². The van der Waals surface area contributed by atoms with Crippen molar-refractivity contribution in [1.82, 2.24) is 9.97 Å². The molecule has 106 valence electrons. The number of Topliss-reactive ketones (excluding diaryl/α,β-unsaturated/α-hetero) is 1. The minimum atomic E-state index is 0.0582. The average Bonchev–Trinajstić information content (AvgIpc) is 2.87. The largest absolute Gasteiger partial charge is 0.381 e. The maximum Gasteiger partial charge on any atom is 0.169 e. The Labute approximate surface area is 122 Å². The van der Waals surface area contributed by atoms with Crippen LogP contribution in [-0.4, -0.2) is 22.3 Å². The molecule has 5 nitrogen and oxygen atoms in total. The van der Waals surface area contributed by atoms with Gasteiger partial charge < -0.3 is 11.1 Å². The summed E-state index contributed by atoms with van der Waals surface area (Å²) in [5, 5.41) is 3.19. The number of ketones is 1. The van der Waals surface area contributed by atoms with Crippen molar-refractivity contribution < 1.29 is 4.79 Å². The molecule has 0 radical (unpaired) electrons. The number of hydrogen-bond acceptors (Lipinski definition) is 6. The Morgan fingerprint density at radius 1 is 1.45 bits per heavy atom. The third kappa shape index (κ3) is 3.33. The second-order valence-corrected chi connectivity index (χ2v) is 6.07. The second kappa shape index (κ2) is 6.00. The third-order valence-electron chi connectivity index (χ3n) is 2.68. The molecule has 0 atom stereocenters. The van der Waals surface area contributed by atoms with E-state index in [0.29, 0.717) is 17.6 Å². The zero-order chi connectivity index (χ0) is 14.7. The predicted octanol–water partition coefficient (Wildman–Crippen LogP) is 3.06. The summed E-state index contributed by atoms with van der Waals surface area (Å²) in [6.45, 7) is 6.56. The Hall–Kier alpha value is -1.95. The van der Waals surface area contributed by atoms with Crippen molar-refractivity contribution in [2.24, 2.45) is 5.92 Å². The van der Waals surface area contributed by atoms with Crippen LogP contribution in [0.2, 0.25) is 0 Å². The fraction of sp³-hybridized carbons (Fsp3) is 0.357. The van der Waals surface area contributed by atoms with E-state index in [-0.39, 0.29) is 5.78 Å². The van der Waals surface area contributed by atoms with Crippen LogP contribution in [-0.2, 0) is 0 Å². The number of nitrogens with zero attached hydrogens (tertiary/aromatic N) is 2. The summed E-state index contributed by atoms with van der Waals surface area (Å²) < 4.78 is 0. The molecule has 0 aliphatic rings. The molecule has 0 bridgehead atoms. The van der Waals surface area contributed by atoms with Crippen LogP contribution in [0.25, 0.3) is 10.6 Å². The Bertz CT molecular complexity index is 621. The normalized spacial score (nSPS) is 10.8. The van der Waals surface area contributed by atoms with Crippen LogP contribution < -0.4 is 11.1 Å². The van der Waals surface area contributed by atoms with Crippen molar-refractivity contribution in [2.45, 2.75) is 20.8 Å². The molecule has 2 aromatic heterocycles. The molecule has 0 aromatic carbocycles. The molecule has 0 aliphatic heterocycles. The molecule has 2 rings (SSSR count). The van der Waals surface area contributed by atoms with Gasteiger partial charge in [0.1, 0.15) is 5.69 Å². The van der Waals surface area contributed by atoms with Gasteiger partial charge in [0.25, 0.3) is 0 Å². The summed E-state index contributed by atoms with van der Waals surface area (Å²) in [5.74, 6) is 1.53. The summed E-state index contributed by atoms with van der Waals surface area (Å²) in [6.07, 6.45) is 1.63. The van der Waals surface area contributed by atoms with E-state index < -0.39 is 0 Å². The molecule has 0 saturated heterocycles. The van der Waals surface area contributed by atoms with E-state index in [2.05, 4.69) is 29.1 Å². The first-order valence-electron chi connectivity index (χ1n) is 6.45. The SMILES string of the molecule is CC(=O)c1ccc(-c2cnc(N)c(NCC(C)C)n2)s1. The molecule has 0 saturated carbocycles. The van der Waals surface area contributed by atoms with Crippen molar-refractivity contribution in [3.63, 3.8) is 0 Å². The monoisotopic (exact) mass is 290 g/mol. The highest BCUT2D eigenvalue weighted by Crippen LogP contribution is 2.28. The number of rotatable bonds is 5. The van der Waals surface area contributed by atoms with E-state index in [4.69, 9.17) is 5.73 Å². The van der Waals surface area contributed by atoms with E-state index in [0.717, 1.165) is 22.0 Å². The van der Waals surface area contributed by atoms with Crippen LogP contribution in [0.4, 0.5) is 11.6 Å². The first-order valence-corrected chi connectivity index (χ1v) is 7.26. The summed E-state index contributed by atoms with van der Waals surface area (Å²) in [6, 6.07) is 3.69. The quantitative estimate of drug-likeness (QED) is 0.827. The Morgan fingerprint density at radius 3 is 2.80 bits per heavy atom. The van der Waals surface area contributed by atoms with Crippen molar-refractivity contribution in [1.29, 1.82) is 0 Å². The van der Waals surface area contributed by atoms with E-state index in [9.17, 15) is 4.79 Å². The van der Waals surface area contributed by atoms with Crippen LogP contribution in [0.5, 0.6) is 0 Å². The molecular formula is C14H18N4OS. The van der Waals surface area contributed by atoms with E-state index >= 15 is 0 Å². The first-order chi connectivity index (χ1) is 9.47. The van der Waals surface area contributed by atoms with Crippen LogP contribution in [0, 0.1) is 5.92 Å². The number of hydrogen-bond donors (Lipinski definition) is 2. The average molecular weight is 290 g/mol. The summed E-state index contributed by atoms with van der Waals surface area (Å²) in [7, 11) is 0. The number of anilines is 2. The molecule has 0 fully saturated rings. The van der Waals surface area contributed by atoms with Crippen molar-refractivity contribution >= 4 is 28.8 Å².